The van der Waals surface area contributed by atoms with Gasteiger partial charge in [0.25, 0.3) is 5.91 Å². The summed E-state index contributed by atoms with van der Waals surface area (Å²) in [5.41, 5.74) is 0.406. The van der Waals surface area contributed by atoms with E-state index in [4.69, 9.17) is 8.83 Å². The molecule has 25 heavy (non-hydrogen) atoms. The number of aliphatic hydroxyl groups excluding tert-OH is 1. The predicted molar refractivity (Wildman–Crippen MR) is 92.6 cm³/mol. The lowest BCUT2D eigenvalue weighted by Crippen LogP contribution is -2.29. The van der Waals surface area contributed by atoms with Gasteiger partial charge in [0, 0.05) is 17.5 Å². The zero-order chi connectivity index (χ0) is 18.0. The van der Waals surface area contributed by atoms with E-state index >= 15 is 0 Å². The number of nitrogens with one attached hydrogen (secondary N) is 1. The van der Waals surface area contributed by atoms with Gasteiger partial charge in [-0.05, 0) is 38.5 Å². The van der Waals surface area contributed by atoms with Crippen LogP contribution in [0.5, 0.6) is 0 Å². The van der Waals surface area contributed by atoms with Crippen molar-refractivity contribution in [2.45, 2.75) is 26.4 Å². The molecule has 0 saturated heterocycles. The molecule has 0 spiro atoms. The van der Waals surface area contributed by atoms with Crippen LogP contribution in [0.4, 0.5) is 0 Å². The summed E-state index contributed by atoms with van der Waals surface area (Å²) >= 11 is 0. The number of aryl methyl sites for hydroxylation is 2. The van der Waals surface area contributed by atoms with Crippen LogP contribution in [0.3, 0.4) is 0 Å². The molecule has 2 heterocycles. The third kappa shape index (κ3) is 3.64. The number of fused-ring (bicyclic) bond motifs is 1. The maximum absolute atomic E-state index is 12.2. The van der Waals surface area contributed by atoms with Crippen LogP contribution in [0, 0.1) is 13.8 Å². The molecule has 130 valence electrons. The number of rotatable bonds is 5. The number of para-hydroxylation sites is 1. The average Bonchev–Trinajstić information content (AvgIpc) is 2.92. The highest BCUT2D eigenvalue weighted by molar-refractivity contribution is 5.96. The predicted octanol–water partition coefficient (Wildman–Crippen LogP) is 2.86. The van der Waals surface area contributed by atoms with Gasteiger partial charge < -0.3 is 19.3 Å². The van der Waals surface area contributed by atoms with E-state index in [1.54, 1.807) is 37.3 Å². The summed E-state index contributed by atoms with van der Waals surface area (Å²) in [4.78, 5) is 24.2. The van der Waals surface area contributed by atoms with Crippen molar-refractivity contribution in [2.75, 3.05) is 6.54 Å². The van der Waals surface area contributed by atoms with Gasteiger partial charge in [-0.15, -0.1) is 0 Å². The number of aliphatic hydroxyl groups is 1. The first-order valence-electron chi connectivity index (χ1n) is 8.02. The highest BCUT2D eigenvalue weighted by Crippen LogP contribution is 2.23. The summed E-state index contributed by atoms with van der Waals surface area (Å²) in [5, 5.41) is 13.5. The van der Waals surface area contributed by atoms with Crippen LogP contribution in [0.15, 0.2) is 50.0 Å². The molecule has 1 aromatic carbocycles. The first-order valence-corrected chi connectivity index (χ1v) is 8.02. The van der Waals surface area contributed by atoms with E-state index in [1.165, 1.54) is 6.07 Å². The number of carbonyl (C=O) groups excluding carboxylic acids is 1. The number of hydrogen-bond acceptors (Lipinski definition) is 5. The van der Waals surface area contributed by atoms with E-state index in [0.717, 1.165) is 5.76 Å². The van der Waals surface area contributed by atoms with Crippen molar-refractivity contribution in [3.63, 3.8) is 0 Å². The highest BCUT2D eigenvalue weighted by atomic mass is 16.4. The second-order valence-corrected chi connectivity index (χ2v) is 5.91. The largest absolute Gasteiger partial charge is 0.466 e. The van der Waals surface area contributed by atoms with Crippen LogP contribution >= 0.6 is 0 Å². The second-order valence-electron chi connectivity index (χ2n) is 5.91. The van der Waals surface area contributed by atoms with Crippen LogP contribution in [-0.4, -0.2) is 17.6 Å². The molecule has 0 aliphatic rings. The van der Waals surface area contributed by atoms with Crippen LogP contribution in [-0.2, 0) is 0 Å². The molecule has 1 unspecified atom stereocenters. The normalized spacial score (nSPS) is 12.3. The summed E-state index contributed by atoms with van der Waals surface area (Å²) in [5.74, 6) is 0.864. The molecule has 3 aromatic rings. The lowest BCUT2D eigenvalue weighted by atomic mass is 10.1. The minimum atomic E-state index is -0.745. The molecule has 0 aliphatic carbocycles. The smallest absolute Gasteiger partial charge is 0.349 e. The summed E-state index contributed by atoms with van der Waals surface area (Å²) < 4.78 is 10.5. The molecule has 0 aliphatic heterocycles. The molecule has 0 saturated carbocycles. The molecule has 0 fully saturated rings. The van der Waals surface area contributed by atoms with Gasteiger partial charge in [-0.1, -0.05) is 18.2 Å². The van der Waals surface area contributed by atoms with Crippen LogP contribution < -0.4 is 10.9 Å². The van der Waals surface area contributed by atoms with Gasteiger partial charge in [0.2, 0.25) is 0 Å². The van der Waals surface area contributed by atoms with Gasteiger partial charge in [-0.2, -0.15) is 0 Å². The lowest BCUT2D eigenvalue weighted by molar-refractivity contribution is 0.0939. The maximum Gasteiger partial charge on any atom is 0.349 e. The van der Waals surface area contributed by atoms with Crippen molar-refractivity contribution in [3.8, 4) is 0 Å². The molecule has 6 heteroatoms. The van der Waals surface area contributed by atoms with Gasteiger partial charge in [0.15, 0.2) is 0 Å². The van der Waals surface area contributed by atoms with Gasteiger partial charge in [0.1, 0.15) is 22.7 Å². The first-order chi connectivity index (χ1) is 12.0. The quantitative estimate of drug-likeness (QED) is 0.696. The average molecular weight is 341 g/mol. The number of carbonyl (C=O) groups is 1. The van der Waals surface area contributed by atoms with E-state index < -0.39 is 17.6 Å². The number of benzene rings is 1. The monoisotopic (exact) mass is 341 g/mol. The SMILES string of the molecule is Cc1cc(C(O)CCNC(=O)c2cc3ccccc3oc2=O)c(C)o1. The Kier molecular flexibility index (Phi) is 4.72. The van der Waals surface area contributed by atoms with Crippen LogP contribution in [0.1, 0.15) is 40.0 Å². The van der Waals surface area contributed by atoms with Crippen LogP contribution in [0.2, 0.25) is 0 Å². The second kappa shape index (κ2) is 6.94. The van der Waals surface area contributed by atoms with E-state index in [1.807, 2.05) is 6.92 Å². The van der Waals surface area contributed by atoms with Crippen molar-refractivity contribution in [2.24, 2.45) is 0 Å². The summed E-state index contributed by atoms with van der Waals surface area (Å²) in [6, 6.07) is 10.3. The standard InChI is InChI=1S/C19H19NO5/c1-11-9-14(12(2)24-11)16(21)7-8-20-18(22)15-10-13-5-3-4-6-17(13)25-19(15)23/h3-6,9-10,16,21H,7-8H2,1-2H3,(H,20,22). The fraction of sp³-hybridized carbons (Fsp3) is 0.263. The van der Waals surface area contributed by atoms with E-state index in [-0.39, 0.29) is 12.1 Å². The van der Waals surface area contributed by atoms with Gasteiger partial charge in [-0.25, -0.2) is 4.79 Å². The van der Waals surface area contributed by atoms with Crippen molar-refractivity contribution >= 4 is 16.9 Å². The molecule has 3 rings (SSSR count). The van der Waals surface area contributed by atoms with Gasteiger partial charge in [-0.3, -0.25) is 4.79 Å². The van der Waals surface area contributed by atoms with E-state index in [0.29, 0.717) is 28.7 Å². The Balaban J connectivity index is 1.66. The fourth-order valence-electron chi connectivity index (χ4n) is 2.77. The van der Waals surface area contributed by atoms with Gasteiger partial charge in [0.05, 0.1) is 6.10 Å². The van der Waals surface area contributed by atoms with E-state index in [2.05, 4.69) is 5.32 Å². The maximum atomic E-state index is 12.2. The molecule has 0 radical (unpaired) electrons. The lowest BCUT2D eigenvalue weighted by Gasteiger charge is -2.10. The number of amides is 1. The Morgan fingerprint density at radius 3 is 2.68 bits per heavy atom. The minimum absolute atomic E-state index is 0.0523. The van der Waals surface area contributed by atoms with Crippen molar-refractivity contribution in [3.05, 3.63) is 69.5 Å². The molecule has 1 atom stereocenters. The molecular weight excluding hydrogens is 322 g/mol. The third-order valence-corrected chi connectivity index (χ3v) is 4.03. The molecule has 6 nitrogen and oxygen atoms in total. The zero-order valence-electron chi connectivity index (χ0n) is 14.0. The fourth-order valence-corrected chi connectivity index (χ4v) is 2.77. The summed E-state index contributed by atoms with van der Waals surface area (Å²) in [6.07, 6.45) is -0.435. The number of hydrogen-bond donors (Lipinski definition) is 2. The Bertz CT molecular complexity index is 969. The summed E-state index contributed by atoms with van der Waals surface area (Å²) in [6.45, 7) is 3.81. The minimum Gasteiger partial charge on any atom is -0.466 e. The summed E-state index contributed by atoms with van der Waals surface area (Å²) in [7, 11) is 0. The zero-order valence-corrected chi connectivity index (χ0v) is 14.0. The highest BCUT2D eigenvalue weighted by Gasteiger charge is 2.16. The molecule has 2 N–H and O–H groups in total. The van der Waals surface area contributed by atoms with Crippen molar-refractivity contribution in [1.29, 1.82) is 0 Å². The first kappa shape index (κ1) is 17.0. The molecular formula is C19H19NO5. The Morgan fingerprint density at radius 1 is 1.20 bits per heavy atom. The van der Waals surface area contributed by atoms with Crippen molar-refractivity contribution < 1.29 is 18.7 Å². The van der Waals surface area contributed by atoms with Crippen molar-refractivity contribution in [1.82, 2.24) is 5.32 Å². The molecule has 1 amide bonds. The topological polar surface area (TPSA) is 92.7 Å². The Labute approximate surface area is 144 Å². The number of furan rings is 1. The van der Waals surface area contributed by atoms with E-state index in [9.17, 15) is 14.7 Å². The Morgan fingerprint density at radius 2 is 1.96 bits per heavy atom. The molecule has 2 aromatic heterocycles. The van der Waals surface area contributed by atoms with Crippen LogP contribution in [0.25, 0.3) is 11.0 Å². The third-order valence-electron chi connectivity index (χ3n) is 4.03. The Hall–Kier alpha value is -2.86. The van der Waals surface area contributed by atoms with Gasteiger partial charge >= 0.3 is 5.63 Å². The molecule has 0 bridgehead atoms.